The molecule has 7 nitrogen and oxygen atoms in total. The SMILES string of the molecule is COc1ccc(OC)c(-c2cc(-c3cccc4ccccc34)nc(S[C@H](C)C(=O)Nc3ccc(C(=O)/C=C/c4cccs4)cc3)c2C#N)c1. The topological polar surface area (TPSA) is 101 Å². The van der Waals surface area contributed by atoms with Crippen LogP contribution in [0, 0.1) is 11.3 Å². The molecule has 0 unspecified atom stereocenters. The van der Waals surface area contributed by atoms with E-state index in [1.165, 1.54) is 11.8 Å². The summed E-state index contributed by atoms with van der Waals surface area (Å²) in [5.74, 6) is 0.776. The van der Waals surface area contributed by atoms with Crippen LogP contribution in [-0.2, 0) is 4.79 Å². The first-order valence-electron chi connectivity index (χ1n) is 15.4. The van der Waals surface area contributed by atoms with Crippen LogP contribution in [0.3, 0.4) is 0 Å². The summed E-state index contributed by atoms with van der Waals surface area (Å²) >= 11 is 2.76. The molecule has 4 aromatic carbocycles. The lowest BCUT2D eigenvalue weighted by Crippen LogP contribution is -2.22. The van der Waals surface area contributed by atoms with Crippen LogP contribution in [0.15, 0.2) is 120 Å². The summed E-state index contributed by atoms with van der Waals surface area (Å²) in [6, 6.07) is 34.4. The Kier molecular flexibility index (Phi) is 10.2. The minimum atomic E-state index is -0.627. The zero-order valence-electron chi connectivity index (χ0n) is 27.0. The lowest BCUT2D eigenvalue weighted by Gasteiger charge is -2.18. The molecule has 0 bridgehead atoms. The molecule has 0 saturated heterocycles. The molecule has 0 aliphatic carbocycles. The second kappa shape index (κ2) is 15.0. The van der Waals surface area contributed by atoms with Gasteiger partial charge >= 0.3 is 0 Å². The van der Waals surface area contributed by atoms with Crippen molar-refractivity contribution in [1.82, 2.24) is 4.98 Å². The number of fused-ring (bicyclic) bond motifs is 1. The minimum absolute atomic E-state index is 0.125. The number of nitrogens with one attached hydrogen (secondary N) is 1. The number of amides is 1. The lowest BCUT2D eigenvalue weighted by atomic mass is 9.96. The number of nitrogens with zero attached hydrogens (tertiary/aromatic N) is 2. The van der Waals surface area contributed by atoms with Crippen LogP contribution in [0.5, 0.6) is 11.5 Å². The normalized spacial score (nSPS) is 11.6. The molecule has 9 heteroatoms. The van der Waals surface area contributed by atoms with Crippen LogP contribution in [0.2, 0.25) is 0 Å². The van der Waals surface area contributed by atoms with Gasteiger partial charge in [-0.3, -0.25) is 9.59 Å². The number of carbonyl (C=O) groups is 2. The first-order valence-corrected chi connectivity index (χ1v) is 17.1. The molecule has 0 saturated carbocycles. The maximum Gasteiger partial charge on any atom is 0.237 e. The van der Waals surface area contributed by atoms with Crippen molar-refractivity contribution < 1.29 is 19.1 Å². The number of carbonyl (C=O) groups excluding carboxylic acids is 2. The van der Waals surface area contributed by atoms with E-state index >= 15 is 0 Å². The first-order chi connectivity index (χ1) is 23.9. The summed E-state index contributed by atoms with van der Waals surface area (Å²) in [4.78, 5) is 32.1. The smallest absolute Gasteiger partial charge is 0.237 e. The maximum atomic E-state index is 13.5. The number of rotatable bonds is 11. The average molecular weight is 682 g/mol. The van der Waals surface area contributed by atoms with Crippen LogP contribution in [0.1, 0.15) is 27.7 Å². The van der Waals surface area contributed by atoms with E-state index in [0.29, 0.717) is 50.2 Å². The number of methoxy groups -OCH3 is 2. The molecule has 1 N–H and O–H groups in total. The van der Waals surface area contributed by atoms with Gasteiger partial charge in [0.1, 0.15) is 22.6 Å². The first kappa shape index (κ1) is 33.2. The molecule has 6 rings (SSSR count). The second-order valence-corrected chi connectivity index (χ2v) is 13.3. The van der Waals surface area contributed by atoms with E-state index in [9.17, 15) is 14.9 Å². The predicted octanol–water partition coefficient (Wildman–Crippen LogP) is 9.53. The standard InChI is InChI=1S/C40H31N3O4S2/c1-25(39(45)42-28-15-13-27(14-16-28)37(44)19-18-30-10-7-21-48-30)49-40-35(24-41)33(34-22-29(46-2)17-20-38(34)47-3)23-36(43-40)32-12-6-9-26-8-4-5-11-31(26)32/h4-23,25H,1-3H3,(H,42,45)/b19-18+/t25-/m1/s1. The van der Waals surface area contributed by atoms with E-state index in [2.05, 4.69) is 11.4 Å². The summed E-state index contributed by atoms with van der Waals surface area (Å²) < 4.78 is 11.2. The Morgan fingerprint density at radius 3 is 2.43 bits per heavy atom. The summed E-state index contributed by atoms with van der Waals surface area (Å²) in [7, 11) is 3.16. The van der Waals surface area contributed by atoms with Crippen LogP contribution in [-0.4, -0.2) is 36.1 Å². The van der Waals surface area contributed by atoms with Crippen molar-refractivity contribution in [2.45, 2.75) is 17.2 Å². The number of hydrogen-bond acceptors (Lipinski definition) is 8. The van der Waals surface area contributed by atoms with E-state index in [1.54, 1.807) is 81.0 Å². The highest BCUT2D eigenvalue weighted by Crippen LogP contribution is 2.41. The van der Waals surface area contributed by atoms with E-state index in [-0.39, 0.29) is 11.7 Å². The zero-order valence-corrected chi connectivity index (χ0v) is 28.6. The number of thioether (sulfide) groups is 1. The molecule has 0 spiro atoms. The molecule has 0 aliphatic rings. The third-order valence-electron chi connectivity index (χ3n) is 7.90. The van der Waals surface area contributed by atoms with E-state index in [4.69, 9.17) is 14.5 Å². The molecule has 1 atom stereocenters. The van der Waals surface area contributed by atoms with Gasteiger partial charge in [-0.1, -0.05) is 60.3 Å². The van der Waals surface area contributed by atoms with Crippen LogP contribution in [0.4, 0.5) is 5.69 Å². The van der Waals surface area contributed by atoms with Crippen molar-refractivity contribution in [3.05, 3.63) is 131 Å². The molecule has 0 aliphatic heterocycles. The van der Waals surface area contributed by atoms with E-state index in [0.717, 1.165) is 21.2 Å². The minimum Gasteiger partial charge on any atom is -0.497 e. The molecule has 2 heterocycles. The Balaban J connectivity index is 1.32. The maximum absolute atomic E-state index is 13.5. The van der Waals surface area contributed by atoms with Crippen molar-refractivity contribution in [3.8, 4) is 40.0 Å². The molecular weight excluding hydrogens is 651 g/mol. The number of benzene rings is 4. The van der Waals surface area contributed by atoms with Gasteiger partial charge in [-0.15, -0.1) is 11.3 Å². The van der Waals surface area contributed by atoms with Crippen molar-refractivity contribution >= 4 is 57.3 Å². The number of aromatic nitrogens is 1. The fourth-order valence-electron chi connectivity index (χ4n) is 5.36. The van der Waals surface area contributed by atoms with Crippen LogP contribution in [0.25, 0.3) is 39.2 Å². The summed E-state index contributed by atoms with van der Waals surface area (Å²) in [5, 5.41) is 17.3. The highest BCUT2D eigenvalue weighted by atomic mass is 32.2. The van der Waals surface area contributed by atoms with Crippen LogP contribution >= 0.6 is 23.1 Å². The molecule has 2 aromatic heterocycles. The summed E-state index contributed by atoms with van der Waals surface area (Å²) in [6.45, 7) is 1.77. The van der Waals surface area contributed by atoms with Crippen molar-refractivity contribution in [1.29, 1.82) is 5.26 Å². The molecule has 6 aromatic rings. The van der Waals surface area contributed by atoms with Gasteiger partial charge < -0.3 is 14.8 Å². The van der Waals surface area contributed by atoms with Crippen molar-refractivity contribution in [2.75, 3.05) is 19.5 Å². The van der Waals surface area contributed by atoms with E-state index in [1.807, 2.05) is 72.1 Å². The van der Waals surface area contributed by atoms with Gasteiger partial charge in [0.25, 0.3) is 0 Å². The quantitative estimate of drug-likeness (QED) is 0.0826. The molecule has 0 radical (unpaired) electrons. The Morgan fingerprint density at radius 2 is 1.69 bits per heavy atom. The number of ketones is 1. The number of pyridine rings is 1. The fourth-order valence-corrected chi connectivity index (χ4v) is 6.90. The van der Waals surface area contributed by atoms with Crippen LogP contribution < -0.4 is 14.8 Å². The van der Waals surface area contributed by atoms with E-state index < -0.39 is 5.25 Å². The third-order valence-corrected chi connectivity index (χ3v) is 9.82. The van der Waals surface area contributed by atoms with Gasteiger partial charge in [0.2, 0.25) is 5.91 Å². The number of ether oxygens (including phenoxy) is 2. The third kappa shape index (κ3) is 7.41. The van der Waals surface area contributed by atoms with Gasteiger partial charge in [-0.25, -0.2) is 4.98 Å². The molecule has 49 heavy (non-hydrogen) atoms. The highest BCUT2D eigenvalue weighted by molar-refractivity contribution is 8.00. The fraction of sp³-hybridized carbons (Fsp3) is 0.100. The van der Waals surface area contributed by atoms with Gasteiger partial charge in [-0.2, -0.15) is 5.26 Å². The summed E-state index contributed by atoms with van der Waals surface area (Å²) in [5.41, 5.74) is 4.21. The van der Waals surface area contributed by atoms with Crippen molar-refractivity contribution in [2.24, 2.45) is 0 Å². The monoisotopic (exact) mass is 681 g/mol. The molecule has 0 fully saturated rings. The number of anilines is 1. The largest absolute Gasteiger partial charge is 0.497 e. The molecule has 1 amide bonds. The average Bonchev–Trinajstić information content (AvgIpc) is 3.67. The number of allylic oxidation sites excluding steroid dienone is 1. The predicted molar refractivity (Wildman–Crippen MR) is 199 cm³/mol. The van der Waals surface area contributed by atoms with Crippen molar-refractivity contribution in [3.63, 3.8) is 0 Å². The Bertz CT molecular complexity index is 2220. The van der Waals surface area contributed by atoms with Gasteiger partial charge in [0.15, 0.2) is 5.78 Å². The van der Waals surface area contributed by atoms with Gasteiger partial charge in [0.05, 0.1) is 30.7 Å². The van der Waals surface area contributed by atoms with Gasteiger partial charge in [-0.05, 0) is 89.8 Å². The number of hydrogen-bond donors (Lipinski definition) is 1. The number of thiophene rings is 1. The molecular formula is C40H31N3O4S2. The zero-order chi connectivity index (χ0) is 34.3. The second-order valence-electron chi connectivity index (χ2n) is 11.0. The lowest BCUT2D eigenvalue weighted by molar-refractivity contribution is -0.115. The number of nitriles is 1. The highest BCUT2D eigenvalue weighted by Gasteiger charge is 2.24. The Morgan fingerprint density at radius 1 is 0.898 bits per heavy atom. The van der Waals surface area contributed by atoms with Gasteiger partial charge in [0, 0.05) is 32.8 Å². The Labute approximate surface area is 292 Å². The Hall–Kier alpha value is -5.69. The molecule has 242 valence electrons. The summed E-state index contributed by atoms with van der Waals surface area (Å²) in [6.07, 6.45) is 3.33.